The summed E-state index contributed by atoms with van der Waals surface area (Å²) in [6, 6.07) is 1.72. The summed E-state index contributed by atoms with van der Waals surface area (Å²) in [4.78, 5) is 13.5. The molecule has 0 radical (unpaired) electrons. The standard InChI is InChI=1S/C12H18N2O2S/c1-8-9(13)6-10(17-8)11(16)14-7-12(2-3-12)4-5-15/h6,15H,2-5,7,13H2,1H3,(H,14,16). The zero-order valence-electron chi connectivity index (χ0n) is 9.95. The predicted octanol–water partition coefficient (Wildman–Crippen LogP) is 1.53. The normalized spacial score (nSPS) is 16.8. The molecule has 94 valence electrons. The van der Waals surface area contributed by atoms with Gasteiger partial charge in [-0.1, -0.05) is 0 Å². The Morgan fingerprint density at radius 2 is 2.35 bits per heavy atom. The number of hydrogen-bond donors (Lipinski definition) is 3. The zero-order valence-corrected chi connectivity index (χ0v) is 10.8. The van der Waals surface area contributed by atoms with Gasteiger partial charge in [-0.05, 0) is 37.7 Å². The average Bonchev–Trinajstić information content (AvgIpc) is 2.97. The van der Waals surface area contributed by atoms with Gasteiger partial charge in [-0.15, -0.1) is 11.3 Å². The number of nitrogens with two attached hydrogens (primary N) is 1. The van der Waals surface area contributed by atoms with Crippen molar-refractivity contribution >= 4 is 22.9 Å². The summed E-state index contributed by atoms with van der Waals surface area (Å²) in [6.45, 7) is 2.76. The first-order valence-electron chi connectivity index (χ1n) is 5.81. The smallest absolute Gasteiger partial charge is 0.261 e. The minimum absolute atomic E-state index is 0.0565. The third-order valence-corrected chi connectivity index (χ3v) is 4.47. The Labute approximate surface area is 105 Å². The number of hydrogen-bond acceptors (Lipinski definition) is 4. The van der Waals surface area contributed by atoms with Gasteiger partial charge in [0.25, 0.3) is 5.91 Å². The van der Waals surface area contributed by atoms with Gasteiger partial charge in [0.1, 0.15) is 0 Å². The molecule has 4 N–H and O–H groups in total. The molecule has 0 bridgehead atoms. The molecule has 1 saturated carbocycles. The van der Waals surface area contributed by atoms with Crippen LogP contribution in [0, 0.1) is 12.3 Å². The minimum Gasteiger partial charge on any atom is -0.398 e. The lowest BCUT2D eigenvalue weighted by molar-refractivity contribution is 0.0945. The van der Waals surface area contributed by atoms with Crippen LogP contribution in [0.25, 0.3) is 0 Å². The first-order valence-corrected chi connectivity index (χ1v) is 6.63. The molecule has 2 rings (SSSR count). The lowest BCUT2D eigenvalue weighted by Crippen LogP contribution is -2.30. The zero-order chi connectivity index (χ0) is 12.5. The maximum atomic E-state index is 11.9. The molecule has 0 aromatic carbocycles. The van der Waals surface area contributed by atoms with Crippen LogP contribution in [0.2, 0.25) is 0 Å². The second-order valence-corrected chi connectivity index (χ2v) is 6.03. The number of carbonyl (C=O) groups excluding carboxylic acids is 1. The number of amides is 1. The number of rotatable bonds is 5. The fourth-order valence-electron chi connectivity index (χ4n) is 1.89. The molecule has 1 amide bonds. The number of anilines is 1. The van der Waals surface area contributed by atoms with Crippen molar-refractivity contribution in [3.8, 4) is 0 Å². The summed E-state index contributed by atoms with van der Waals surface area (Å²) in [5, 5.41) is 11.9. The molecule has 5 heteroatoms. The summed E-state index contributed by atoms with van der Waals surface area (Å²) in [5.74, 6) is -0.0565. The quantitative estimate of drug-likeness (QED) is 0.746. The van der Waals surface area contributed by atoms with Crippen molar-refractivity contribution in [3.05, 3.63) is 15.8 Å². The van der Waals surface area contributed by atoms with Crippen LogP contribution in [0.3, 0.4) is 0 Å². The van der Waals surface area contributed by atoms with Crippen LogP contribution >= 0.6 is 11.3 Å². The molecule has 1 aromatic rings. The molecular formula is C12H18N2O2S. The van der Waals surface area contributed by atoms with Crippen molar-refractivity contribution < 1.29 is 9.90 Å². The van der Waals surface area contributed by atoms with E-state index in [0.717, 1.165) is 24.1 Å². The second kappa shape index (κ2) is 4.66. The number of carbonyl (C=O) groups is 1. The molecule has 0 unspecified atom stereocenters. The Balaban J connectivity index is 1.89. The first kappa shape index (κ1) is 12.4. The molecule has 17 heavy (non-hydrogen) atoms. The Bertz CT molecular complexity index is 405. The van der Waals surface area contributed by atoms with Crippen molar-refractivity contribution in [1.82, 2.24) is 5.32 Å². The number of aliphatic hydroxyl groups is 1. The third-order valence-electron chi connectivity index (χ3n) is 3.40. The predicted molar refractivity (Wildman–Crippen MR) is 69.2 cm³/mol. The summed E-state index contributed by atoms with van der Waals surface area (Å²) in [6.07, 6.45) is 2.97. The molecule has 0 aliphatic heterocycles. The summed E-state index contributed by atoms with van der Waals surface area (Å²) in [5.41, 5.74) is 6.55. The van der Waals surface area contributed by atoms with E-state index in [0.29, 0.717) is 17.1 Å². The Morgan fingerprint density at radius 1 is 1.65 bits per heavy atom. The van der Waals surface area contributed by atoms with Gasteiger partial charge < -0.3 is 16.2 Å². The highest BCUT2D eigenvalue weighted by molar-refractivity contribution is 7.14. The van der Waals surface area contributed by atoms with Gasteiger partial charge in [-0.25, -0.2) is 0 Å². The number of aliphatic hydroxyl groups excluding tert-OH is 1. The third kappa shape index (κ3) is 2.79. The van der Waals surface area contributed by atoms with Crippen LogP contribution in [0.4, 0.5) is 5.69 Å². The van der Waals surface area contributed by atoms with Crippen LogP contribution in [0.1, 0.15) is 33.8 Å². The van der Waals surface area contributed by atoms with Gasteiger partial charge in [0.2, 0.25) is 0 Å². The molecule has 0 spiro atoms. The maximum Gasteiger partial charge on any atom is 0.261 e. The van der Waals surface area contributed by atoms with Crippen LogP contribution in [-0.4, -0.2) is 24.2 Å². The number of nitrogen functional groups attached to an aromatic ring is 1. The molecule has 1 aromatic heterocycles. The van der Waals surface area contributed by atoms with E-state index in [1.54, 1.807) is 6.07 Å². The SMILES string of the molecule is Cc1sc(C(=O)NCC2(CCO)CC2)cc1N. The fraction of sp³-hybridized carbons (Fsp3) is 0.583. The van der Waals surface area contributed by atoms with Crippen LogP contribution < -0.4 is 11.1 Å². The van der Waals surface area contributed by atoms with Crippen LogP contribution in [0.15, 0.2) is 6.07 Å². The van der Waals surface area contributed by atoms with E-state index in [1.807, 2.05) is 6.92 Å². The number of aryl methyl sites for hydroxylation is 1. The lowest BCUT2D eigenvalue weighted by atomic mass is 10.0. The molecule has 1 aliphatic rings. The topological polar surface area (TPSA) is 75.3 Å². The van der Waals surface area contributed by atoms with Crippen LogP contribution in [0.5, 0.6) is 0 Å². The monoisotopic (exact) mass is 254 g/mol. The maximum absolute atomic E-state index is 11.9. The van der Waals surface area contributed by atoms with E-state index < -0.39 is 0 Å². The highest BCUT2D eigenvalue weighted by Gasteiger charge is 2.41. The van der Waals surface area contributed by atoms with Gasteiger partial charge in [-0.3, -0.25) is 4.79 Å². The second-order valence-electron chi connectivity index (χ2n) is 4.78. The van der Waals surface area contributed by atoms with E-state index in [1.165, 1.54) is 11.3 Å². The van der Waals surface area contributed by atoms with Gasteiger partial charge in [0.05, 0.1) is 4.88 Å². The minimum atomic E-state index is -0.0565. The van der Waals surface area contributed by atoms with Crippen molar-refractivity contribution in [1.29, 1.82) is 0 Å². The highest BCUT2D eigenvalue weighted by Crippen LogP contribution is 2.47. The van der Waals surface area contributed by atoms with Crippen molar-refractivity contribution in [2.45, 2.75) is 26.2 Å². The Hall–Kier alpha value is -1.07. The molecule has 0 atom stereocenters. The first-order chi connectivity index (χ1) is 8.06. The lowest BCUT2D eigenvalue weighted by Gasteiger charge is -2.13. The summed E-state index contributed by atoms with van der Waals surface area (Å²) in [7, 11) is 0. The van der Waals surface area contributed by atoms with Gasteiger partial charge >= 0.3 is 0 Å². The molecule has 1 heterocycles. The van der Waals surface area contributed by atoms with E-state index in [-0.39, 0.29) is 17.9 Å². The van der Waals surface area contributed by atoms with Gasteiger partial charge in [0.15, 0.2) is 0 Å². The van der Waals surface area contributed by atoms with E-state index in [2.05, 4.69) is 5.32 Å². The van der Waals surface area contributed by atoms with Gasteiger partial charge in [-0.2, -0.15) is 0 Å². The fourth-order valence-corrected chi connectivity index (χ4v) is 2.75. The Kier molecular flexibility index (Phi) is 3.40. The molecule has 1 aliphatic carbocycles. The van der Waals surface area contributed by atoms with Gasteiger partial charge in [0, 0.05) is 23.7 Å². The molecular weight excluding hydrogens is 236 g/mol. The largest absolute Gasteiger partial charge is 0.398 e. The summed E-state index contributed by atoms with van der Waals surface area (Å²) < 4.78 is 0. The van der Waals surface area contributed by atoms with Crippen molar-refractivity contribution in [2.24, 2.45) is 5.41 Å². The molecule has 1 fully saturated rings. The summed E-state index contributed by atoms with van der Waals surface area (Å²) >= 11 is 1.42. The van der Waals surface area contributed by atoms with E-state index >= 15 is 0 Å². The molecule has 0 saturated heterocycles. The Morgan fingerprint density at radius 3 is 2.82 bits per heavy atom. The van der Waals surface area contributed by atoms with E-state index in [4.69, 9.17) is 10.8 Å². The van der Waals surface area contributed by atoms with Crippen molar-refractivity contribution in [3.63, 3.8) is 0 Å². The van der Waals surface area contributed by atoms with E-state index in [9.17, 15) is 4.79 Å². The van der Waals surface area contributed by atoms with Crippen LogP contribution in [-0.2, 0) is 0 Å². The highest BCUT2D eigenvalue weighted by atomic mass is 32.1. The average molecular weight is 254 g/mol. The molecule has 4 nitrogen and oxygen atoms in total. The van der Waals surface area contributed by atoms with Crippen molar-refractivity contribution in [2.75, 3.05) is 18.9 Å². The number of nitrogens with one attached hydrogen (secondary N) is 1. The number of thiophene rings is 1.